The second-order valence-electron chi connectivity index (χ2n) is 4.39. The maximum atomic E-state index is 13.7. The standard InChI is InChI=1S/C14H20F3N/c1-3-5-6-7-14(18-4-2)10-8-12(16)13(17)9-11(10)15/h8-9,14,18H,3-7H2,1-2H3. The lowest BCUT2D eigenvalue weighted by Gasteiger charge is -2.19. The van der Waals surface area contributed by atoms with E-state index < -0.39 is 17.5 Å². The van der Waals surface area contributed by atoms with Crippen molar-refractivity contribution in [2.45, 2.75) is 45.6 Å². The summed E-state index contributed by atoms with van der Waals surface area (Å²) in [5, 5.41) is 3.12. The molecule has 0 amide bonds. The Morgan fingerprint density at radius 3 is 2.28 bits per heavy atom. The van der Waals surface area contributed by atoms with E-state index in [4.69, 9.17) is 0 Å². The molecule has 18 heavy (non-hydrogen) atoms. The van der Waals surface area contributed by atoms with Crippen molar-refractivity contribution < 1.29 is 13.2 Å². The normalized spacial score (nSPS) is 12.7. The summed E-state index contributed by atoms with van der Waals surface area (Å²) in [6.07, 6.45) is 3.78. The van der Waals surface area contributed by atoms with E-state index in [9.17, 15) is 13.2 Å². The van der Waals surface area contributed by atoms with Crippen LogP contribution in [0, 0.1) is 17.5 Å². The number of halogens is 3. The topological polar surface area (TPSA) is 12.0 Å². The average molecular weight is 259 g/mol. The molecule has 1 unspecified atom stereocenters. The van der Waals surface area contributed by atoms with Crippen molar-refractivity contribution in [3.05, 3.63) is 35.1 Å². The van der Waals surface area contributed by atoms with Gasteiger partial charge in [-0.15, -0.1) is 0 Å². The van der Waals surface area contributed by atoms with Crippen molar-refractivity contribution in [2.24, 2.45) is 0 Å². The van der Waals surface area contributed by atoms with Crippen molar-refractivity contribution in [2.75, 3.05) is 6.54 Å². The summed E-state index contributed by atoms with van der Waals surface area (Å²) in [6.45, 7) is 4.65. The summed E-state index contributed by atoms with van der Waals surface area (Å²) in [6, 6.07) is 1.33. The number of hydrogen-bond acceptors (Lipinski definition) is 1. The molecule has 102 valence electrons. The lowest BCUT2D eigenvalue weighted by atomic mass is 9.99. The number of rotatable bonds is 7. The lowest BCUT2D eigenvalue weighted by Crippen LogP contribution is -2.22. The first-order chi connectivity index (χ1) is 8.60. The van der Waals surface area contributed by atoms with Gasteiger partial charge in [0.05, 0.1) is 0 Å². The molecule has 1 N–H and O–H groups in total. The number of unbranched alkanes of at least 4 members (excludes halogenated alkanes) is 2. The number of benzene rings is 1. The van der Waals surface area contributed by atoms with Gasteiger partial charge in [0.2, 0.25) is 0 Å². The largest absolute Gasteiger partial charge is 0.310 e. The molecule has 0 spiro atoms. The smallest absolute Gasteiger partial charge is 0.161 e. The molecule has 0 aromatic heterocycles. The van der Waals surface area contributed by atoms with Crippen LogP contribution in [0.5, 0.6) is 0 Å². The van der Waals surface area contributed by atoms with Gasteiger partial charge in [-0.3, -0.25) is 0 Å². The average Bonchev–Trinajstić information content (AvgIpc) is 2.33. The molecule has 0 aliphatic carbocycles. The van der Waals surface area contributed by atoms with Crippen LogP contribution in [-0.4, -0.2) is 6.54 Å². The number of hydrogen-bond donors (Lipinski definition) is 1. The van der Waals surface area contributed by atoms with Crippen molar-refractivity contribution in [3.8, 4) is 0 Å². The van der Waals surface area contributed by atoms with Gasteiger partial charge in [0.15, 0.2) is 11.6 Å². The van der Waals surface area contributed by atoms with Crippen LogP contribution in [0.1, 0.15) is 51.1 Å². The Morgan fingerprint density at radius 2 is 1.67 bits per heavy atom. The quantitative estimate of drug-likeness (QED) is 0.567. The summed E-state index contributed by atoms with van der Waals surface area (Å²) >= 11 is 0. The van der Waals surface area contributed by atoms with Gasteiger partial charge in [0, 0.05) is 17.7 Å². The van der Waals surface area contributed by atoms with Crippen LogP contribution >= 0.6 is 0 Å². The van der Waals surface area contributed by atoms with Crippen molar-refractivity contribution in [1.82, 2.24) is 5.32 Å². The number of nitrogens with one attached hydrogen (secondary N) is 1. The molecule has 1 atom stereocenters. The molecular formula is C14H20F3N. The molecule has 1 aromatic rings. The molecule has 4 heteroatoms. The Morgan fingerprint density at radius 1 is 1.00 bits per heavy atom. The van der Waals surface area contributed by atoms with Gasteiger partial charge >= 0.3 is 0 Å². The molecule has 0 saturated heterocycles. The van der Waals surface area contributed by atoms with Gasteiger partial charge in [0.1, 0.15) is 5.82 Å². The maximum Gasteiger partial charge on any atom is 0.161 e. The zero-order chi connectivity index (χ0) is 13.5. The van der Waals surface area contributed by atoms with Gasteiger partial charge in [-0.05, 0) is 19.0 Å². The molecule has 0 fully saturated rings. The lowest BCUT2D eigenvalue weighted by molar-refractivity contribution is 0.445. The summed E-state index contributed by atoms with van der Waals surface area (Å²) in [5.41, 5.74) is 0.215. The molecule has 0 saturated carbocycles. The van der Waals surface area contributed by atoms with E-state index in [-0.39, 0.29) is 11.6 Å². The van der Waals surface area contributed by atoms with Crippen LogP contribution < -0.4 is 5.32 Å². The summed E-state index contributed by atoms with van der Waals surface area (Å²) < 4.78 is 39.7. The zero-order valence-electron chi connectivity index (χ0n) is 10.9. The van der Waals surface area contributed by atoms with E-state index in [0.29, 0.717) is 12.6 Å². The first kappa shape index (κ1) is 15.0. The van der Waals surface area contributed by atoms with Crippen LogP contribution in [0.4, 0.5) is 13.2 Å². The van der Waals surface area contributed by atoms with Crippen LogP contribution in [0.25, 0.3) is 0 Å². The molecular weight excluding hydrogens is 239 g/mol. The molecule has 1 nitrogen and oxygen atoms in total. The third-order valence-corrected chi connectivity index (χ3v) is 2.96. The monoisotopic (exact) mass is 259 g/mol. The third-order valence-electron chi connectivity index (χ3n) is 2.96. The fraction of sp³-hybridized carbons (Fsp3) is 0.571. The Hall–Kier alpha value is -1.03. The van der Waals surface area contributed by atoms with Gasteiger partial charge < -0.3 is 5.32 Å². The van der Waals surface area contributed by atoms with E-state index in [1.807, 2.05) is 6.92 Å². The minimum atomic E-state index is -1.14. The van der Waals surface area contributed by atoms with Crippen molar-refractivity contribution >= 4 is 0 Å². The Kier molecular flexibility index (Phi) is 6.19. The Bertz CT molecular complexity index is 380. The summed E-state index contributed by atoms with van der Waals surface area (Å²) in [5.74, 6) is -2.82. The Labute approximate surface area is 106 Å². The molecule has 0 heterocycles. The van der Waals surface area contributed by atoms with Crippen molar-refractivity contribution in [3.63, 3.8) is 0 Å². The zero-order valence-corrected chi connectivity index (χ0v) is 10.9. The highest BCUT2D eigenvalue weighted by Gasteiger charge is 2.17. The molecule has 1 rings (SSSR count). The highest BCUT2D eigenvalue weighted by Crippen LogP contribution is 2.24. The predicted octanol–water partition coefficient (Wildman–Crippen LogP) is 4.33. The Balaban J connectivity index is 2.87. The molecule has 1 aromatic carbocycles. The van der Waals surface area contributed by atoms with Crippen LogP contribution in [0.2, 0.25) is 0 Å². The SMILES string of the molecule is CCCCCC(NCC)c1cc(F)c(F)cc1F. The minimum Gasteiger partial charge on any atom is -0.310 e. The minimum absolute atomic E-state index is 0.215. The van der Waals surface area contributed by atoms with E-state index in [1.54, 1.807) is 0 Å². The fourth-order valence-electron chi connectivity index (χ4n) is 2.02. The maximum absolute atomic E-state index is 13.7. The molecule has 0 aliphatic heterocycles. The third kappa shape index (κ3) is 4.02. The second-order valence-corrected chi connectivity index (χ2v) is 4.39. The van der Waals surface area contributed by atoms with Gasteiger partial charge in [-0.25, -0.2) is 13.2 Å². The highest BCUT2D eigenvalue weighted by atomic mass is 19.2. The van der Waals surface area contributed by atoms with Gasteiger partial charge in [-0.1, -0.05) is 33.1 Å². The molecule has 0 radical (unpaired) electrons. The van der Waals surface area contributed by atoms with Crippen LogP contribution in [0.3, 0.4) is 0 Å². The predicted molar refractivity (Wildman–Crippen MR) is 66.9 cm³/mol. The summed E-state index contributed by atoms with van der Waals surface area (Å²) in [4.78, 5) is 0. The first-order valence-corrected chi connectivity index (χ1v) is 6.48. The van der Waals surface area contributed by atoms with Crippen molar-refractivity contribution in [1.29, 1.82) is 0 Å². The van der Waals surface area contributed by atoms with E-state index in [2.05, 4.69) is 12.2 Å². The van der Waals surface area contributed by atoms with E-state index in [0.717, 1.165) is 31.7 Å². The first-order valence-electron chi connectivity index (χ1n) is 6.48. The second kappa shape index (κ2) is 7.41. The molecule has 0 aliphatic rings. The van der Waals surface area contributed by atoms with Crippen LogP contribution in [-0.2, 0) is 0 Å². The van der Waals surface area contributed by atoms with Gasteiger partial charge in [0.25, 0.3) is 0 Å². The summed E-state index contributed by atoms with van der Waals surface area (Å²) in [7, 11) is 0. The highest BCUT2D eigenvalue weighted by molar-refractivity contribution is 5.23. The molecule has 0 bridgehead atoms. The van der Waals surface area contributed by atoms with E-state index in [1.165, 1.54) is 0 Å². The van der Waals surface area contributed by atoms with Gasteiger partial charge in [-0.2, -0.15) is 0 Å². The fourth-order valence-corrected chi connectivity index (χ4v) is 2.02. The van der Waals surface area contributed by atoms with E-state index >= 15 is 0 Å². The van der Waals surface area contributed by atoms with Crippen LogP contribution in [0.15, 0.2) is 12.1 Å².